The molecule has 1 aliphatic heterocycles. The van der Waals surface area contributed by atoms with Gasteiger partial charge in [-0.3, -0.25) is 0 Å². The molecule has 0 spiro atoms. The molecule has 3 heteroatoms. The van der Waals surface area contributed by atoms with E-state index in [1.54, 1.807) is 0 Å². The Labute approximate surface area is 66.2 Å². The number of hydrogen-bond acceptors (Lipinski definition) is 1. The van der Waals surface area contributed by atoms with Crippen molar-refractivity contribution in [2.75, 3.05) is 13.1 Å². The van der Waals surface area contributed by atoms with Gasteiger partial charge in [0.05, 0.1) is 0 Å². The average Bonchev–Trinajstić information content (AvgIpc) is 2.61. The largest absolute Gasteiger partial charge is 0.316 e. The number of hydrogen-bond donors (Lipinski definition) is 1. The van der Waals surface area contributed by atoms with E-state index < -0.39 is 5.92 Å². The molecule has 1 saturated heterocycles. The van der Waals surface area contributed by atoms with E-state index >= 15 is 0 Å². The Morgan fingerprint density at radius 1 is 1.27 bits per heavy atom. The zero-order valence-corrected chi connectivity index (χ0v) is 7.03. The number of rotatable bonds is 0. The highest BCUT2D eigenvalue weighted by Gasteiger charge is 2.67. The molecule has 0 bridgehead atoms. The van der Waals surface area contributed by atoms with Gasteiger partial charge in [0, 0.05) is 18.4 Å². The Balaban J connectivity index is 0.000000281. The van der Waals surface area contributed by atoms with Gasteiger partial charge in [0.15, 0.2) is 0 Å². The Bertz CT molecular complexity index is 122. The lowest BCUT2D eigenvalue weighted by Crippen LogP contribution is -2.23. The van der Waals surface area contributed by atoms with Crippen LogP contribution < -0.4 is 5.32 Å². The van der Waals surface area contributed by atoms with E-state index in [-0.39, 0.29) is 11.8 Å². The molecule has 0 amide bonds. The van der Waals surface area contributed by atoms with Gasteiger partial charge in [0.25, 0.3) is 5.92 Å². The van der Waals surface area contributed by atoms with Gasteiger partial charge < -0.3 is 5.32 Å². The van der Waals surface area contributed by atoms with Crippen LogP contribution in [0.15, 0.2) is 0 Å². The molecule has 0 aromatic heterocycles. The average molecular weight is 163 g/mol. The fourth-order valence-electron chi connectivity index (χ4n) is 1.65. The maximum atomic E-state index is 12.5. The summed E-state index contributed by atoms with van der Waals surface area (Å²) in [5, 5.41) is 2.95. The second kappa shape index (κ2) is 3.05. The normalized spacial score (nSPS) is 38.2. The van der Waals surface area contributed by atoms with Crippen LogP contribution in [0.2, 0.25) is 0 Å². The van der Waals surface area contributed by atoms with Crippen molar-refractivity contribution in [2.24, 2.45) is 11.8 Å². The molecule has 2 rings (SSSR count). The highest BCUT2D eigenvalue weighted by Crippen LogP contribution is 2.57. The van der Waals surface area contributed by atoms with Crippen molar-refractivity contribution in [3.8, 4) is 0 Å². The molecular weight excluding hydrogens is 148 g/mol. The molecule has 0 aromatic rings. The molecule has 1 aliphatic carbocycles. The van der Waals surface area contributed by atoms with Crippen molar-refractivity contribution in [1.29, 1.82) is 0 Å². The predicted octanol–water partition coefficient (Wildman–Crippen LogP) is 1.89. The molecule has 2 aliphatic rings. The quantitative estimate of drug-likeness (QED) is 0.575. The third-order valence-electron chi connectivity index (χ3n) is 2.36. The van der Waals surface area contributed by atoms with Gasteiger partial charge in [-0.05, 0) is 13.0 Å². The third-order valence-corrected chi connectivity index (χ3v) is 2.36. The smallest absolute Gasteiger partial charge is 0.255 e. The zero-order valence-electron chi connectivity index (χ0n) is 7.03. The number of fused-ring (bicyclic) bond motifs is 1. The first-order chi connectivity index (χ1) is 5.23. The summed E-state index contributed by atoms with van der Waals surface area (Å²) in [7, 11) is 0. The first-order valence-electron chi connectivity index (χ1n) is 4.31. The van der Waals surface area contributed by atoms with E-state index in [1.165, 1.54) is 0 Å². The Morgan fingerprint density at radius 2 is 1.91 bits per heavy atom. The van der Waals surface area contributed by atoms with Crippen molar-refractivity contribution >= 4 is 0 Å². The summed E-state index contributed by atoms with van der Waals surface area (Å²) in [4.78, 5) is 0. The van der Waals surface area contributed by atoms with Gasteiger partial charge in [-0.1, -0.05) is 13.8 Å². The molecule has 2 fully saturated rings. The minimum Gasteiger partial charge on any atom is -0.316 e. The highest BCUT2D eigenvalue weighted by atomic mass is 19.3. The predicted molar refractivity (Wildman–Crippen MR) is 40.8 cm³/mol. The second-order valence-electron chi connectivity index (χ2n) is 2.88. The number of nitrogens with one attached hydrogen (secondary N) is 1. The summed E-state index contributed by atoms with van der Waals surface area (Å²) >= 11 is 0. The van der Waals surface area contributed by atoms with E-state index in [1.807, 2.05) is 13.8 Å². The Kier molecular flexibility index (Phi) is 2.47. The zero-order chi connectivity index (χ0) is 8.48. The summed E-state index contributed by atoms with van der Waals surface area (Å²) < 4.78 is 24.9. The molecule has 66 valence electrons. The van der Waals surface area contributed by atoms with Gasteiger partial charge in [-0.25, -0.2) is 8.78 Å². The van der Waals surface area contributed by atoms with Crippen LogP contribution in [-0.4, -0.2) is 19.0 Å². The Morgan fingerprint density at radius 3 is 2.27 bits per heavy atom. The molecule has 1 saturated carbocycles. The molecule has 0 radical (unpaired) electrons. The summed E-state index contributed by atoms with van der Waals surface area (Å²) in [6, 6.07) is 0. The van der Waals surface area contributed by atoms with Crippen molar-refractivity contribution in [3.05, 3.63) is 0 Å². The Hall–Kier alpha value is -0.180. The maximum absolute atomic E-state index is 12.5. The van der Waals surface area contributed by atoms with Crippen LogP contribution in [0, 0.1) is 11.8 Å². The van der Waals surface area contributed by atoms with Crippen LogP contribution in [0.4, 0.5) is 8.78 Å². The van der Waals surface area contributed by atoms with Gasteiger partial charge in [-0.2, -0.15) is 0 Å². The van der Waals surface area contributed by atoms with Crippen LogP contribution in [0.3, 0.4) is 0 Å². The first-order valence-corrected chi connectivity index (χ1v) is 4.31. The van der Waals surface area contributed by atoms with Crippen molar-refractivity contribution < 1.29 is 8.78 Å². The monoisotopic (exact) mass is 163 g/mol. The van der Waals surface area contributed by atoms with Gasteiger partial charge in [0.1, 0.15) is 0 Å². The lowest BCUT2D eigenvalue weighted by molar-refractivity contribution is 0.0868. The lowest BCUT2D eigenvalue weighted by Gasteiger charge is -2.05. The van der Waals surface area contributed by atoms with Crippen molar-refractivity contribution in [1.82, 2.24) is 5.32 Å². The highest BCUT2D eigenvalue weighted by molar-refractivity contribution is 5.08. The molecule has 2 unspecified atom stereocenters. The summed E-state index contributed by atoms with van der Waals surface area (Å²) in [5.41, 5.74) is 0. The standard InChI is InChI=1S/C6H9F2N.C2H6/c7-6(8)4-1-2-9-3-5(4)6;1-2/h4-5,9H,1-3H2;1-2H3. The van der Waals surface area contributed by atoms with E-state index in [4.69, 9.17) is 0 Å². The SMILES string of the molecule is CC.FC1(F)C2CCNCC21. The van der Waals surface area contributed by atoms with Crippen molar-refractivity contribution in [3.63, 3.8) is 0 Å². The van der Waals surface area contributed by atoms with Crippen LogP contribution in [0.25, 0.3) is 0 Å². The molecule has 2 atom stereocenters. The summed E-state index contributed by atoms with van der Waals surface area (Å²) in [6.07, 6.45) is 0.664. The number of halogens is 2. The minimum absolute atomic E-state index is 0.279. The molecule has 0 aromatic carbocycles. The third kappa shape index (κ3) is 1.39. The van der Waals surface area contributed by atoms with E-state index in [0.717, 1.165) is 6.54 Å². The number of alkyl halides is 2. The second-order valence-corrected chi connectivity index (χ2v) is 2.88. The van der Waals surface area contributed by atoms with Gasteiger partial charge >= 0.3 is 0 Å². The fraction of sp³-hybridized carbons (Fsp3) is 1.00. The maximum Gasteiger partial charge on any atom is 0.255 e. The van der Waals surface area contributed by atoms with Crippen molar-refractivity contribution in [2.45, 2.75) is 26.2 Å². The topological polar surface area (TPSA) is 12.0 Å². The molecule has 1 heterocycles. The molecular formula is C8H15F2N. The number of piperidine rings is 1. The van der Waals surface area contributed by atoms with Gasteiger partial charge in [0.2, 0.25) is 0 Å². The molecule has 11 heavy (non-hydrogen) atoms. The lowest BCUT2D eigenvalue weighted by atomic mass is 10.2. The van der Waals surface area contributed by atoms with Crippen LogP contribution in [0.5, 0.6) is 0 Å². The summed E-state index contributed by atoms with van der Waals surface area (Å²) in [5.74, 6) is -2.92. The van der Waals surface area contributed by atoms with E-state index in [0.29, 0.717) is 13.0 Å². The fourth-order valence-corrected chi connectivity index (χ4v) is 1.65. The molecule has 1 nitrogen and oxygen atoms in total. The van der Waals surface area contributed by atoms with E-state index in [2.05, 4.69) is 5.32 Å². The minimum atomic E-state index is -2.32. The van der Waals surface area contributed by atoms with Crippen LogP contribution in [-0.2, 0) is 0 Å². The molecule has 1 N–H and O–H groups in total. The van der Waals surface area contributed by atoms with E-state index in [9.17, 15) is 8.78 Å². The first kappa shape index (κ1) is 8.91. The van der Waals surface area contributed by atoms with Crippen LogP contribution >= 0.6 is 0 Å². The van der Waals surface area contributed by atoms with Crippen LogP contribution in [0.1, 0.15) is 20.3 Å². The summed E-state index contributed by atoms with van der Waals surface area (Å²) in [6.45, 7) is 5.30. The van der Waals surface area contributed by atoms with Gasteiger partial charge in [-0.15, -0.1) is 0 Å².